The molecule has 5 aromatic carbocycles. The van der Waals surface area contributed by atoms with E-state index < -0.39 is 0 Å². The maximum Gasteiger partial charge on any atom is 4.00 e. The number of hydrogen-bond acceptors (Lipinski definition) is 0. The maximum absolute atomic E-state index is 4.24. The van der Waals surface area contributed by atoms with Crippen LogP contribution < -0.4 is 5.19 Å². The summed E-state index contributed by atoms with van der Waals surface area (Å²) in [5, 5.41) is 5.68. The Morgan fingerprint density at radius 2 is 1.29 bits per heavy atom. The monoisotopic (exact) mass is 716 g/mol. The van der Waals surface area contributed by atoms with Crippen molar-refractivity contribution in [2.24, 2.45) is 0 Å². The zero-order valence-electron chi connectivity index (χ0n) is 25.4. The molecule has 2 heteroatoms. The quantitative estimate of drug-likeness (QED) is 0.121. The van der Waals surface area contributed by atoms with Gasteiger partial charge in [0.25, 0.3) is 0 Å². The Bertz CT molecular complexity index is 1700. The molecule has 0 amide bonds. The van der Waals surface area contributed by atoms with Gasteiger partial charge in [0.15, 0.2) is 0 Å². The molecule has 0 saturated heterocycles. The zero-order valence-corrected chi connectivity index (χ0v) is 30.0. The van der Waals surface area contributed by atoms with Crippen molar-refractivity contribution in [2.45, 2.75) is 46.5 Å². The Hall–Kier alpha value is -2.68. The van der Waals surface area contributed by atoms with Gasteiger partial charge in [-0.15, -0.1) is 34.2 Å². The number of benzene rings is 4. The summed E-state index contributed by atoms with van der Waals surface area (Å²) < 4.78 is 0. The van der Waals surface area contributed by atoms with Gasteiger partial charge in [0, 0.05) is 0 Å². The fourth-order valence-corrected chi connectivity index (χ4v) is 7.61. The van der Waals surface area contributed by atoms with Gasteiger partial charge in [0.1, 0.15) is 0 Å². The molecule has 0 N–H and O–H groups in total. The Kier molecular flexibility index (Phi) is 10.8. The predicted molar refractivity (Wildman–Crippen MR) is 179 cm³/mol. The molecular formula is C39H40HfSi. The van der Waals surface area contributed by atoms with E-state index in [4.69, 9.17) is 0 Å². The van der Waals surface area contributed by atoms with Crippen LogP contribution in [0, 0.1) is 49.5 Å². The van der Waals surface area contributed by atoms with Crippen molar-refractivity contribution in [1.82, 2.24) is 0 Å². The molecule has 41 heavy (non-hydrogen) atoms. The second-order valence-corrected chi connectivity index (χ2v) is 12.2. The van der Waals surface area contributed by atoms with Crippen LogP contribution in [0.15, 0.2) is 90.1 Å². The Balaban J connectivity index is 0.00000154. The molecule has 0 bridgehead atoms. The molecule has 204 valence electrons. The van der Waals surface area contributed by atoms with Gasteiger partial charge in [-0.2, -0.15) is 12.5 Å². The molecule has 2 radical (unpaired) electrons. The molecule has 1 aliphatic rings. The van der Waals surface area contributed by atoms with Crippen LogP contribution in [0.2, 0.25) is 0 Å². The SMILES string of the molecule is [CH2-]CCC1C([Si]c2cc3c(-c4cccc(C)c4C)cccc3[cH-]2)=Cc2c(-c3cccc(C)c3C)cccc21.[CH3-].[CH3-].[Hf+4]. The van der Waals surface area contributed by atoms with E-state index in [-0.39, 0.29) is 40.7 Å². The average Bonchev–Trinajstić information content (AvgIpc) is 3.48. The van der Waals surface area contributed by atoms with Crippen LogP contribution in [0.5, 0.6) is 0 Å². The van der Waals surface area contributed by atoms with Crippen LogP contribution in [0.1, 0.15) is 52.1 Å². The molecule has 0 aromatic heterocycles. The van der Waals surface area contributed by atoms with E-state index in [1.54, 1.807) is 5.20 Å². The number of aryl methyl sites for hydroxylation is 2. The molecule has 0 aliphatic heterocycles. The van der Waals surface area contributed by atoms with Crippen LogP contribution >= 0.6 is 0 Å². The molecule has 0 spiro atoms. The van der Waals surface area contributed by atoms with Crippen LogP contribution in [0.4, 0.5) is 0 Å². The Labute approximate surface area is 269 Å². The van der Waals surface area contributed by atoms with Crippen molar-refractivity contribution in [3.63, 3.8) is 0 Å². The van der Waals surface area contributed by atoms with Crippen LogP contribution in [0.25, 0.3) is 39.1 Å². The fourth-order valence-electron chi connectivity index (χ4n) is 6.14. The Morgan fingerprint density at radius 3 is 1.95 bits per heavy atom. The third kappa shape index (κ3) is 5.97. The van der Waals surface area contributed by atoms with E-state index in [1.165, 1.54) is 71.6 Å². The molecule has 1 atom stereocenters. The summed E-state index contributed by atoms with van der Waals surface area (Å²) in [6.45, 7) is 13.2. The molecule has 0 fully saturated rings. The van der Waals surface area contributed by atoms with Crippen LogP contribution in [-0.2, 0) is 25.8 Å². The summed E-state index contributed by atoms with van der Waals surface area (Å²) in [4.78, 5) is 0. The predicted octanol–water partition coefficient (Wildman–Crippen LogP) is 10.1. The summed E-state index contributed by atoms with van der Waals surface area (Å²) in [6.07, 6.45) is 4.55. The number of fused-ring (bicyclic) bond motifs is 2. The summed E-state index contributed by atoms with van der Waals surface area (Å²) in [5.74, 6) is 0.447. The van der Waals surface area contributed by atoms with Gasteiger partial charge in [0.05, 0.1) is 9.52 Å². The fraction of sp³-hybridized carbons (Fsp3) is 0.179. The topological polar surface area (TPSA) is 0 Å². The summed E-state index contributed by atoms with van der Waals surface area (Å²) in [5.41, 5.74) is 13.7. The van der Waals surface area contributed by atoms with Gasteiger partial charge >= 0.3 is 25.8 Å². The number of rotatable bonds is 6. The first-order valence-electron chi connectivity index (χ1n) is 13.7. The van der Waals surface area contributed by atoms with Gasteiger partial charge in [-0.1, -0.05) is 83.9 Å². The summed E-state index contributed by atoms with van der Waals surface area (Å²) in [7, 11) is 0.659. The van der Waals surface area contributed by atoms with E-state index in [1.807, 2.05) is 0 Å². The van der Waals surface area contributed by atoms with Gasteiger partial charge in [0.2, 0.25) is 0 Å². The number of allylic oxidation sites excluding steroid dienone is 1. The van der Waals surface area contributed by atoms with Gasteiger partial charge in [-0.3, -0.25) is 0 Å². The van der Waals surface area contributed by atoms with Gasteiger partial charge in [-0.25, -0.2) is 0 Å². The third-order valence-corrected chi connectivity index (χ3v) is 9.87. The van der Waals surface area contributed by atoms with Gasteiger partial charge < -0.3 is 21.8 Å². The minimum atomic E-state index is 0. The number of hydrogen-bond donors (Lipinski definition) is 0. The van der Waals surface area contributed by atoms with Crippen molar-refractivity contribution >= 4 is 31.6 Å². The van der Waals surface area contributed by atoms with Crippen LogP contribution in [0.3, 0.4) is 0 Å². The van der Waals surface area contributed by atoms with Crippen molar-refractivity contribution in [2.75, 3.05) is 0 Å². The molecule has 0 heterocycles. The Morgan fingerprint density at radius 1 is 0.732 bits per heavy atom. The van der Waals surface area contributed by atoms with Crippen molar-refractivity contribution in [3.8, 4) is 22.3 Å². The minimum Gasteiger partial charge on any atom is -0.358 e. The van der Waals surface area contributed by atoms with Crippen molar-refractivity contribution in [3.05, 3.63) is 145 Å². The molecule has 5 aromatic rings. The third-order valence-electron chi connectivity index (χ3n) is 8.51. The molecule has 0 saturated carbocycles. The largest absolute Gasteiger partial charge is 4.00 e. The first-order valence-corrected chi connectivity index (χ1v) is 14.7. The normalized spacial score (nSPS) is 13.6. The second-order valence-electron chi connectivity index (χ2n) is 10.8. The van der Waals surface area contributed by atoms with Crippen molar-refractivity contribution < 1.29 is 25.8 Å². The molecular weight excluding hydrogens is 675 g/mol. The zero-order chi connectivity index (χ0) is 26.4. The summed E-state index contributed by atoms with van der Waals surface area (Å²) >= 11 is 0. The van der Waals surface area contributed by atoms with E-state index in [9.17, 15) is 0 Å². The first-order chi connectivity index (χ1) is 18.5. The summed E-state index contributed by atoms with van der Waals surface area (Å²) in [6, 6.07) is 31.8. The molecule has 1 aliphatic carbocycles. The average molecular weight is 715 g/mol. The smallest absolute Gasteiger partial charge is 0.358 e. The van der Waals surface area contributed by atoms with Crippen LogP contribution in [-0.4, -0.2) is 9.52 Å². The van der Waals surface area contributed by atoms with E-state index in [0.717, 1.165) is 12.8 Å². The maximum atomic E-state index is 4.24. The van der Waals surface area contributed by atoms with Crippen molar-refractivity contribution in [1.29, 1.82) is 0 Å². The first kappa shape index (κ1) is 32.8. The van der Waals surface area contributed by atoms with Gasteiger partial charge in [-0.05, 0) is 83.7 Å². The van der Waals surface area contributed by atoms with E-state index in [0.29, 0.717) is 15.4 Å². The molecule has 0 nitrogen and oxygen atoms in total. The second kappa shape index (κ2) is 13.5. The minimum absolute atomic E-state index is 0. The standard InChI is InChI=1S/C37H34Si.2CH3.Hf/c1-6-11-34-33-19-10-18-32(30-16-8-13-24(3)26(30)5)36(33)22-37(34)38-28-20-27-14-9-17-31(35(27)21-28)29-15-7-12-23(2)25(29)4;;;/h7-10,12-22,34H,1,6,11H2,2-5H3;2*1H3;/q-2;2*-1;+4. The van der Waals surface area contributed by atoms with E-state index >= 15 is 0 Å². The van der Waals surface area contributed by atoms with E-state index in [2.05, 4.69) is 126 Å². The molecule has 1 unspecified atom stereocenters. The molecule has 6 rings (SSSR count).